The molecule has 3 atom stereocenters. The highest BCUT2D eigenvalue weighted by molar-refractivity contribution is 5.92. The summed E-state index contributed by atoms with van der Waals surface area (Å²) in [5.74, 6) is -2.55. The van der Waals surface area contributed by atoms with Gasteiger partial charge in [-0.1, -0.05) is 30.3 Å². The van der Waals surface area contributed by atoms with Crippen molar-refractivity contribution in [2.24, 2.45) is 0 Å². The summed E-state index contributed by atoms with van der Waals surface area (Å²) in [5.41, 5.74) is 0.810. The molecule has 1 aromatic rings. The van der Waals surface area contributed by atoms with Crippen molar-refractivity contribution < 1.29 is 24.3 Å². The van der Waals surface area contributed by atoms with Crippen LogP contribution in [0.15, 0.2) is 30.3 Å². The number of carboxylic acid groups (broad SMARTS) is 1. The van der Waals surface area contributed by atoms with E-state index in [1.807, 2.05) is 6.07 Å². The summed E-state index contributed by atoms with van der Waals surface area (Å²) in [4.78, 5) is 47.7. The molecule has 0 aromatic heterocycles. The third-order valence-electron chi connectivity index (χ3n) is 4.46. The fraction of sp³-hybridized carbons (Fsp3) is 0.474. The first-order chi connectivity index (χ1) is 13.4. The monoisotopic (exact) mass is 390 g/mol. The number of aliphatic carboxylic acids is 1. The van der Waals surface area contributed by atoms with E-state index in [1.54, 1.807) is 24.3 Å². The zero-order chi connectivity index (χ0) is 20.5. The Kier molecular flexibility index (Phi) is 7.94. The van der Waals surface area contributed by atoms with E-state index < -0.39 is 29.9 Å². The third kappa shape index (κ3) is 6.66. The lowest BCUT2D eigenvalue weighted by Gasteiger charge is -2.20. The van der Waals surface area contributed by atoms with Crippen LogP contribution in [0.25, 0.3) is 0 Å². The van der Waals surface area contributed by atoms with Crippen LogP contribution in [-0.4, -0.2) is 60.0 Å². The minimum atomic E-state index is -1.17. The maximum Gasteiger partial charge on any atom is 0.325 e. The molecule has 0 bridgehead atoms. The number of nitrogens with one attached hydrogen (secondary N) is 4. The van der Waals surface area contributed by atoms with E-state index in [-0.39, 0.29) is 24.9 Å². The first-order valence-electron chi connectivity index (χ1n) is 9.24. The number of carbonyl (C=O) groups is 4. The minimum Gasteiger partial charge on any atom is -0.480 e. The van der Waals surface area contributed by atoms with Gasteiger partial charge in [-0.15, -0.1) is 0 Å². The molecule has 152 valence electrons. The van der Waals surface area contributed by atoms with E-state index in [1.165, 1.54) is 6.92 Å². The maximum atomic E-state index is 12.5. The molecule has 0 spiro atoms. The number of benzene rings is 1. The van der Waals surface area contributed by atoms with Crippen LogP contribution in [-0.2, 0) is 25.6 Å². The number of carbonyl (C=O) groups excluding carboxylic acids is 3. The summed E-state index contributed by atoms with van der Waals surface area (Å²) < 4.78 is 0. The molecule has 1 aliphatic heterocycles. The Balaban J connectivity index is 1.95. The molecule has 1 saturated heterocycles. The normalized spacial score (nSPS) is 18.0. The average molecular weight is 390 g/mol. The molecule has 0 unspecified atom stereocenters. The van der Waals surface area contributed by atoms with Gasteiger partial charge in [0.2, 0.25) is 17.7 Å². The second-order valence-corrected chi connectivity index (χ2v) is 6.75. The highest BCUT2D eigenvalue weighted by Crippen LogP contribution is 2.05. The zero-order valence-corrected chi connectivity index (χ0v) is 15.7. The Labute approximate surface area is 163 Å². The van der Waals surface area contributed by atoms with E-state index in [2.05, 4.69) is 21.3 Å². The summed E-state index contributed by atoms with van der Waals surface area (Å²) in [7, 11) is 0. The van der Waals surface area contributed by atoms with Crippen molar-refractivity contribution >= 4 is 23.7 Å². The molecule has 1 heterocycles. The SMILES string of the molecule is C[C@H](NC(=O)[C@H](Cc1ccccc1)NC(=O)CNC(=O)[C@@H]1CCCN1)C(=O)O. The largest absolute Gasteiger partial charge is 0.480 e. The summed E-state index contributed by atoms with van der Waals surface area (Å²) in [5, 5.41) is 19.5. The quantitative estimate of drug-likeness (QED) is 0.373. The molecule has 1 aliphatic rings. The number of rotatable bonds is 9. The summed E-state index contributed by atoms with van der Waals surface area (Å²) in [6, 6.07) is 6.71. The van der Waals surface area contributed by atoms with Gasteiger partial charge in [0.25, 0.3) is 0 Å². The number of carboxylic acids is 1. The van der Waals surface area contributed by atoms with Crippen LogP contribution in [0.3, 0.4) is 0 Å². The van der Waals surface area contributed by atoms with Crippen molar-refractivity contribution in [3.63, 3.8) is 0 Å². The van der Waals surface area contributed by atoms with Gasteiger partial charge < -0.3 is 26.4 Å². The fourth-order valence-electron chi connectivity index (χ4n) is 2.88. The predicted octanol–water partition coefficient (Wildman–Crippen LogP) is -0.829. The van der Waals surface area contributed by atoms with Crippen molar-refractivity contribution in [1.82, 2.24) is 21.3 Å². The van der Waals surface area contributed by atoms with Crippen LogP contribution in [0.4, 0.5) is 0 Å². The van der Waals surface area contributed by atoms with Crippen LogP contribution >= 0.6 is 0 Å². The standard InChI is InChI=1S/C19H26N4O5/c1-12(19(27)28)22-18(26)15(10-13-6-3-2-4-7-13)23-16(24)11-21-17(25)14-8-5-9-20-14/h2-4,6-7,12,14-15,20H,5,8-11H2,1H3,(H,21,25)(H,22,26)(H,23,24)(H,27,28)/t12-,14-,15-/m0/s1. The van der Waals surface area contributed by atoms with E-state index >= 15 is 0 Å². The van der Waals surface area contributed by atoms with Gasteiger partial charge in [-0.3, -0.25) is 19.2 Å². The second kappa shape index (κ2) is 10.4. The number of hydrogen-bond acceptors (Lipinski definition) is 5. The first-order valence-corrected chi connectivity index (χ1v) is 9.24. The lowest BCUT2D eigenvalue weighted by molar-refractivity contribution is -0.141. The molecule has 2 rings (SSSR count). The maximum absolute atomic E-state index is 12.5. The first kappa shape index (κ1) is 21.4. The van der Waals surface area contributed by atoms with Crippen molar-refractivity contribution in [1.29, 1.82) is 0 Å². The number of amides is 3. The van der Waals surface area contributed by atoms with Crippen LogP contribution < -0.4 is 21.3 Å². The highest BCUT2D eigenvalue weighted by Gasteiger charge is 2.26. The van der Waals surface area contributed by atoms with Crippen molar-refractivity contribution in [2.75, 3.05) is 13.1 Å². The molecule has 0 aliphatic carbocycles. The van der Waals surface area contributed by atoms with Crippen LogP contribution in [0.1, 0.15) is 25.3 Å². The van der Waals surface area contributed by atoms with Gasteiger partial charge in [0.05, 0.1) is 12.6 Å². The van der Waals surface area contributed by atoms with Crippen LogP contribution in [0.5, 0.6) is 0 Å². The summed E-state index contributed by atoms with van der Waals surface area (Å²) in [6.45, 7) is 1.85. The minimum absolute atomic E-state index is 0.197. The second-order valence-electron chi connectivity index (χ2n) is 6.75. The molecule has 1 fully saturated rings. The molecule has 1 aromatic carbocycles. The fourth-order valence-corrected chi connectivity index (χ4v) is 2.88. The van der Waals surface area contributed by atoms with E-state index in [0.717, 1.165) is 24.9 Å². The Bertz CT molecular complexity index is 704. The smallest absolute Gasteiger partial charge is 0.325 e. The van der Waals surface area contributed by atoms with Gasteiger partial charge in [-0.25, -0.2) is 0 Å². The molecule has 28 heavy (non-hydrogen) atoms. The number of hydrogen-bond donors (Lipinski definition) is 5. The van der Waals surface area contributed by atoms with Crippen LogP contribution in [0, 0.1) is 0 Å². The van der Waals surface area contributed by atoms with Gasteiger partial charge in [0.15, 0.2) is 0 Å². The van der Waals surface area contributed by atoms with Gasteiger partial charge in [0, 0.05) is 6.42 Å². The topological polar surface area (TPSA) is 137 Å². The van der Waals surface area contributed by atoms with Crippen molar-refractivity contribution in [3.8, 4) is 0 Å². The predicted molar refractivity (Wildman–Crippen MR) is 101 cm³/mol. The molecule has 9 heteroatoms. The molecular formula is C19H26N4O5. The summed E-state index contributed by atoms with van der Waals surface area (Å²) >= 11 is 0. The van der Waals surface area contributed by atoms with Gasteiger partial charge >= 0.3 is 5.97 Å². The van der Waals surface area contributed by atoms with Gasteiger partial charge in [-0.05, 0) is 31.9 Å². The van der Waals surface area contributed by atoms with Gasteiger partial charge in [0.1, 0.15) is 12.1 Å². The van der Waals surface area contributed by atoms with E-state index in [9.17, 15) is 19.2 Å². The molecule has 5 N–H and O–H groups in total. The highest BCUT2D eigenvalue weighted by atomic mass is 16.4. The lowest BCUT2D eigenvalue weighted by Crippen LogP contribution is -2.53. The van der Waals surface area contributed by atoms with Crippen LogP contribution in [0.2, 0.25) is 0 Å². The Morgan fingerprint density at radius 2 is 1.89 bits per heavy atom. The van der Waals surface area contributed by atoms with E-state index in [4.69, 9.17) is 5.11 Å². The van der Waals surface area contributed by atoms with Gasteiger partial charge in [-0.2, -0.15) is 0 Å². The molecule has 0 saturated carbocycles. The van der Waals surface area contributed by atoms with Crippen molar-refractivity contribution in [3.05, 3.63) is 35.9 Å². The zero-order valence-electron chi connectivity index (χ0n) is 15.7. The molecule has 3 amide bonds. The Hall–Kier alpha value is -2.94. The van der Waals surface area contributed by atoms with Crippen molar-refractivity contribution in [2.45, 2.75) is 44.3 Å². The van der Waals surface area contributed by atoms with E-state index in [0.29, 0.717) is 0 Å². The Morgan fingerprint density at radius 3 is 2.50 bits per heavy atom. The third-order valence-corrected chi connectivity index (χ3v) is 4.46. The molecular weight excluding hydrogens is 364 g/mol. The average Bonchev–Trinajstić information content (AvgIpc) is 3.21. The molecule has 9 nitrogen and oxygen atoms in total. The Morgan fingerprint density at radius 1 is 1.18 bits per heavy atom. The molecule has 0 radical (unpaired) electrons. The summed E-state index contributed by atoms with van der Waals surface area (Å²) in [6.07, 6.45) is 1.83. The lowest BCUT2D eigenvalue weighted by atomic mass is 10.0.